The van der Waals surface area contributed by atoms with E-state index in [1.807, 2.05) is 45.9 Å². The summed E-state index contributed by atoms with van der Waals surface area (Å²) in [5.41, 5.74) is 6.69. The Morgan fingerprint density at radius 2 is 1.64 bits per heavy atom. The van der Waals surface area contributed by atoms with Gasteiger partial charge in [0.25, 0.3) is 11.8 Å². The van der Waals surface area contributed by atoms with Crippen molar-refractivity contribution in [2.24, 2.45) is 0 Å². The summed E-state index contributed by atoms with van der Waals surface area (Å²) in [5.74, 6) is -0.352. The molecule has 4 heteroatoms. The molecule has 144 valence electrons. The number of carbonyl (C=O) groups excluding carboxylic acids is 2. The molecule has 0 radical (unpaired) electrons. The maximum absolute atomic E-state index is 13.3. The van der Waals surface area contributed by atoms with Crippen LogP contribution in [0.3, 0.4) is 0 Å². The molecule has 2 aromatic rings. The predicted molar refractivity (Wildman–Crippen MR) is 110 cm³/mol. The number of fused-ring (bicyclic) bond motifs is 1. The van der Waals surface area contributed by atoms with Gasteiger partial charge in [-0.05, 0) is 56.4 Å². The third kappa shape index (κ3) is 2.93. The average Bonchev–Trinajstić information content (AvgIpc) is 2.92. The largest absolute Gasteiger partial charge is 0.362 e. The highest BCUT2D eigenvalue weighted by atomic mass is 16.2. The van der Waals surface area contributed by atoms with Gasteiger partial charge in [0.05, 0.1) is 5.57 Å². The Kier molecular flexibility index (Phi) is 4.58. The van der Waals surface area contributed by atoms with Gasteiger partial charge in [0, 0.05) is 19.1 Å². The maximum Gasteiger partial charge on any atom is 0.278 e. The molecule has 2 heterocycles. The summed E-state index contributed by atoms with van der Waals surface area (Å²) >= 11 is 0. The summed E-state index contributed by atoms with van der Waals surface area (Å²) in [7, 11) is 0. The lowest BCUT2D eigenvalue weighted by Gasteiger charge is -2.31. The quantitative estimate of drug-likeness (QED) is 0.766. The fourth-order valence-electron chi connectivity index (χ4n) is 4.32. The molecule has 0 N–H and O–H groups in total. The predicted octanol–water partition coefficient (Wildman–Crippen LogP) is 3.85. The smallest absolute Gasteiger partial charge is 0.278 e. The minimum atomic E-state index is -0.180. The van der Waals surface area contributed by atoms with Gasteiger partial charge >= 0.3 is 0 Å². The molecule has 0 bridgehead atoms. The number of aryl methyl sites for hydroxylation is 2. The lowest BCUT2D eigenvalue weighted by molar-refractivity contribution is -0.139. The van der Waals surface area contributed by atoms with E-state index in [2.05, 4.69) is 29.2 Å². The van der Waals surface area contributed by atoms with Gasteiger partial charge in [-0.15, -0.1) is 0 Å². The molecule has 0 atom stereocenters. The molecular formula is C24H26N2O2. The first-order chi connectivity index (χ1) is 13.4. The molecule has 28 heavy (non-hydrogen) atoms. The van der Waals surface area contributed by atoms with Crippen LogP contribution in [0.1, 0.15) is 41.7 Å². The van der Waals surface area contributed by atoms with Crippen LogP contribution in [-0.2, 0) is 22.6 Å². The normalized spacial score (nSPS) is 17.0. The fraction of sp³-hybridized carbons (Fsp3) is 0.333. The van der Waals surface area contributed by atoms with E-state index in [-0.39, 0.29) is 17.9 Å². The lowest BCUT2D eigenvalue weighted by atomic mass is 9.95. The maximum atomic E-state index is 13.3. The van der Waals surface area contributed by atoms with Crippen LogP contribution >= 0.6 is 0 Å². The minimum absolute atomic E-state index is 0.171. The minimum Gasteiger partial charge on any atom is -0.362 e. The molecule has 0 aromatic heterocycles. The van der Waals surface area contributed by atoms with Crippen molar-refractivity contribution in [3.05, 3.63) is 76.0 Å². The SMILES string of the molecule is Cc1ccc(C2=C(N3CCc4ccccc4C3)C(=O)N(C(C)C)C2=O)c(C)c1. The number of nitrogens with zero attached hydrogens (tertiary/aromatic N) is 2. The molecule has 0 saturated heterocycles. The van der Waals surface area contributed by atoms with Crippen LogP contribution in [-0.4, -0.2) is 34.2 Å². The second-order valence-electron chi connectivity index (χ2n) is 8.06. The first-order valence-corrected chi connectivity index (χ1v) is 9.90. The van der Waals surface area contributed by atoms with Gasteiger partial charge < -0.3 is 4.90 Å². The average molecular weight is 374 g/mol. The Morgan fingerprint density at radius 1 is 0.929 bits per heavy atom. The molecule has 0 spiro atoms. The monoisotopic (exact) mass is 374 g/mol. The van der Waals surface area contributed by atoms with E-state index < -0.39 is 0 Å². The second-order valence-corrected chi connectivity index (χ2v) is 8.06. The Hall–Kier alpha value is -2.88. The highest BCUT2D eigenvalue weighted by Crippen LogP contribution is 2.36. The second kappa shape index (κ2) is 6.93. The van der Waals surface area contributed by atoms with Crippen molar-refractivity contribution < 1.29 is 9.59 Å². The topological polar surface area (TPSA) is 40.6 Å². The molecule has 4 rings (SSSR count). The highest BCUT2D eigenvalue weighted by Gasteiger charge is 2.43. The van der Waals surface area contributed by atoms with Crippen molar-refractivity contribution in [2.75, 3.05) is 6.54 Å². The molecule has 2 aliphatic rings. The van der Waals surface area contributed by atoms with Crippen molar-refractivity contribution in [3.8, 4) is 0 Å². The van der Waals surface area contributed by atoms with Gasteiger partial charge in [0.1, 0.15) is 5.70 Å². The Morgan fingerprint density at radius 3 is 2.32 bits per heavy atom. The Balaban J connectivity index is 1.85. The van der Waals surface area contributed by atoms with Crippen LogP contribution in [0.4, 0.5) is 0 Å². The van der Waals surface area contributed by atoms with Crippen LogP contribution in [0.25, 0.3) is 5.57 Å². The van der Waals surface area contributed by atoms with E-state index in [9.17, 15) is 9.59 Å². The zero-order valence-corrected chi connectivity index (χ0v) is 17.0. The van der Waals surface area contributed by atoms with E-state index in [0.29, 0.717) is 17.8 Å². The molecule has 0 unspecified atom stereocenters. The summed E-state index contributed by atoms with van der Waals surface area (Å²) in [6, 6.07) is 14.2. The van der Waals surface area contributed by atoms with Gasteiger partial charge in [-0.2, -0.15) is 0 Å². The zero-order valence-electron chi connectivity index (χ0n) is 17.0. The van der Waals surface area contributed by atoms with Crippen molar-refractivity contribution in [3.63, 3.8) is 0 Å². The first kappa shape index (κ1) is 18.5. The first-order valence-electron chi connectivity index (χ1n) is 9.90. The van der Waals surface area contributed by atoms with Crippen molar-refractivity contribution >= 4 is 17.4 Å². The Labute approximate surface area is 166 Å². The number of hydrogen-bond acceptors (Lipinski definition) is 3. The number of imide groups is 1. The summed E-state index contributed by atoms with van der Waals surface area (Å²) in [6.45, 7) is 9.23. The highest BCUT2D eigenvalue weighted by molar-refractivity contribution is 6.35. The van der Waals surface area contributed by atoms with Crippen molar-refractivity contribution in [1.29, 1.82) is 0 Å². The molecule has 4 nitrogen and oxygen atoms in total. The van der Waals surface area contributed by atoms with E-state index in [4.69, 9.17) is 0 Å². The fourth-order valence-corrected chi connectivity index (χ4v) is 4.32. The number of amides is 2. The lowest BCUT2D eigenvalue weighted by Crippen LogP contribution is -2.40. The van der Waals surface area contributed by atoms with E-state index in [0.717, 1.165) is 29.7 Å². The summed E-state index contributed by atoms with van der Waals surface area (Å²) in [4.78, 5) is 30.2. The van der Waals surface area contributed by atoms with Crippen LogP contribution in [0.15, 0.2) is 48.2 Å². The van der Waals surface area contributed by atoms with Crippen LogP contribution in [0.2, 0.25) is 0 Å². The third-order valence-electron chi connectivity index (χ3n) is 5.71. The standard InChI is InChI=1S/C24H26N2O2/c1-15(2)26-23(27)21(20-10-9-16(3)13-17(20)4)22(24(26)28)25-12-11-18-7-5-6-8-19(18)14-25/h5-10,13,15H,11-12,14H2,1-4H3. The van der Waals surface area contributed by atoms with Gasteiger partial charge in [-0.25, -0.2) is 0 Å². The number of carbonyl (C=O) groups is 2. The van der Waals surface area contributed by atoms with E-state index >= 15 is 0 Å². The molecule has 0 fully saturated rings. The number of hydrogen-bond donors (Lipinski definition) is 0. The molecular weight excluding hydrogens is 348 g/mol. The molecule has 2 aromatic carbocycles. The van der Waals surface area contributed by atoms with Gasteiger partial charge in [-0.1, -0.05) is 48.0 Å². The third-order valence-corrected chi connectivity index (χ3v) is 5.71. The van der Waals surface area contributed by atoms with Crippen molar-refractivity contribution in [1.82, 2.24) is 9.80 Å². The van der Waals surface area contributed by atoms with Gasteiger partial charge in [0.15, 0.2) is 0 Å². The van der Waals surface area contributed by atoms with Crippen LogP contribution in [0, 0.1) is 13.8 Å². The zero-order chi connectivity index (χ0) is 20.0. The van der Waals surface area contributed by atoms with Crippen LogP contribution < -0.4 is 0 Å². The number of rotatable bonds is 3. The Bertz CT molecular complexity index is 1000. The molecule has 2 amide bonds. The van der Waals surface area contributed by atoms with E-state index in [1.165, 1.54) is 16.0 Å². The van der Waals surface area contributed by atoms with Gasteiger partial charge in [0.2, 0.25) is 0 Å². The van der Waals surface area contributed by atoms with Crippen LogP contribution in [0.5, 0.6) is 0 Å². The molecule has 0 aliphatic carbocycles. The van der Waals surface area contributed by atoms with Gasteiger partial charge in [-0.3, -0.25) is 14.5 Å². The van der Waals surface area contributed by atoms with E-state index in [1.54, 1.807) is 0 Å². The van der Waals surface area contributed by atoms with Crippen molar-refractivity contribution in [2.45, 2.75) is 46.7 Å². The number of benzene rings is 2. The summed E-state index contributed by atoms with van der Waals surface area (Å²) in [5, 5.41) is 0. The summed E-state index contributed by atoms with van der Waals surface area (Å²) in [6.07, 6.45) is 0.878. The summed E-state index contributed by atoms with van der Waals surface area (Å²) < 4.78 is 0. The molecule has 0 saturated carbocycles. The molecule has 2 aliphatic heterocycles.